The molecule has 0 radical (unpaired) electrons. The highest BCUT2D eigenvalue weighted by molar-refractivity contribution is 5.66. The summed E-state index contributed by atoms with van der Waals surface area (Å²) >= 11 is 0. The van der Waals surface area contributed by atoms with Gasteiger partial charge in [-0.2, -0.15) is 0 Å². The van der Waals surface area contributed by atoms with Gasteiger partial charge >= 0.3 is 0 Å². The van der Waals surface area contributed by atoms with Gasteiger partial charge in [0.15, 0.2) is 11.5 Å². The van der Waals surface area contributed by atoms with E-state index < -0.39 is 0 Å². The molecule has 0 aliphatic carbocycles. The van der Waals surface area contributed by atoms with E-state index in [1.165, 1.54) is 0 Å². The molecule has 0 bridgehead atoms. The van der Waals surface area contributed by atoms with Crippen LogP contribution in [0.25, 0.3) is 11.5 Å². The summed E-state index contributed by atoms with van der Waals surface area (Å²) in [4.78, 5) is 6.87. The number of ether oxygens (including phenoxy) is 3. The van der Waals surface area contributed by atoms with Gasteiger partial charge in [0.25, 0.3) is 0 Å². The molecule has 4 rings (SSSR count). The first kappa shape index (κ1) is 16.2. The number of hydrogen-bond donors (Lipinski definition) is 1. The highest BCUT2D eigenvalue weighted by atomic mass is 16.7. The molecular formula is C18H22N2O5. The molecule has 1 saturated heterocycles. The summed E-state index contributed by atoms with van der Waals surface area (Å²) in [5.41, 5.74) is 1.68. The fourth-order valence-corrected chi connectivity index (χ4v) is 3.34. The Hall–Kier alpha value is -2.25. The van der Waals surface area contributed by atoms with Gasteiger partial charge < -0.3 is 23.7 Å². The number of aliphatic hydroxyl groups excluding tert-OH is 1. The molecule has 1 aromatic heterocycles. The molecule has 134 valence electrons. The monoisotopic (exact) mass is 346 g/mol. The first-order chi connectivity index (χ1) is 12.1. The number of aliphatic hydroxyl groups is 1. The Balaban J connectivity index is 1.60. The van der Waals surface area contributed by atoms with Crippen LogP contribution in [0.2, 0.25) is 0 Å². The molecule has 7 nitrogen and oxygen atoms in total. The third-order valence-corrected chi connectivity index (χ3v) is 4.65. The Morgan fingerprint density at radius 1 is 1.36 bits per heavy atom. The maximum Gasteiger partial charge on any atom is 0.231 e. The molecule has 1 unspecified atom stereocenters. The van der Waals surface area contributed by atoms with Crippen molar-refractivity contribution in [1.29, 1.82) is 0 Å². The Morgan fingerprint density at radius 2 is 2.24 bits per heavy atom. The van der Waals surface area contributed by atoms with Gasteiger partial charge in [-0.3, -0.25) is 4.90 Å². The van der Waals surface area contributed by atoms with E-state index >= 15 is 0 Å². The van der Waals surface area contributed by atoms with Gasteiger partial charge in [0.05, 0.1) is 18.9 Å². The summed E-state index contributed by atoms with van der Waals surface area (Å²) in [6, 6.07) is 3.69. The zero-order valence-electron chi connectivity index (χ0n) is 14.4. The summed E-state index contributed by atoms with van der Waals surface area (Å²) in [6.07, 6.45) is 1.62. The number of likely N-dealkylation sites (tertiary alicyclic amines) is 1. The second-order valence-electron chi connectivity index (χ2n) is 6.47. The molecule has 0 amide bonds. The summed E-state index contributed by atoms with van der Waals surface area (Å²) < 4.78 is 22.1. The number of β-amino-alcohol motifs (C(OH)–C–C–N with tert-alkyl or cyclic N) is 1. The average molecular weight is 346 g/mol. The second-order valence-corrected chi connectivity index (χ2v) is 6.47. The van der Waals surface area contributed by atoms with Gasteiger partial charge in [-0.15, -0.1) is 0 Å². The molecule has 25 heavy (non-hydrogen) atoms. The smallest absolute Gasteiger partial charge is 0.231 e. The van der Waals surface area contributed by atoms with Crippen molar-refractivity contribution in [1.82, 2.24) is 9.88 Å². The highest BCUT2D eigenvalue weighted by Gasteiger charge is 2.24. The number of methoxy groups -OCH3 is 1. The molecule has 1 aromatic carbocycles. The topological polar surface area (TPSA) is 77.2 Å². The van der Waals surface area contributed by atoms with Crippen LogP contribution in [0.4, 0.5) is 0 Å². The Kier molecular flexibility index (Phi) is 4.27. The van der Waals surface area contributed by atoms with Gasteiger partial charge in [0.2, 0.25) is 18.4 Å². The predicted molar refractivity (Wildman–Crippen MR) is 89.9 cm³/mol. The quantitative estimate of drug-likeness (QED) is 0.910. The molecule has 0 spiro atoms. The Bertz CT molecular complexity index is 773. The minimum atomic E-state index is -0.251. The van der Waals surface area contributed by atoms with Crippen LogP contribution in [0, 0.1) is 6.92 Å². The number of fused-ring (bicyclic) bond motifs is 1. The summed E-state index contributed by atoms with van der Waals surface area (Å²) in [7, 11) is 1.59. The van der Waals surface area contributed by atoms with Crippen LogP contribution >= 0.6 is 0 Å². The maximum atomic E-state index is 9.83. The van der Waals surface area contributed by atoms with Gasteiger partial charge in [0, 0.05) is 18.7 Å². The zero-order chi connectivity index (χ0) is 17.4. The predicted octanol–water partition coefficient (Wildman–Crippen LogP) is 2.34. The number of benzene rings is 1. The van der Waals surface area contributed by atoms with Crippen molar-refractivity contribution < 1.29 is 23.7 Å². The summed E-state index contributed by atoms with van der Waals surface area (Å²) in [5, 5.41) is 9.83. The van der Waals surface area contributed by atoms with Gasteiger partial charge in [-0.25, -0.2) is 4.98 Å². The molecule has 1 fully saturated rings. The lowest BCUT2D eigenvalue weighted by Crippen LogP contribution is -2.37. The molecule has 7 heteroatoms. The van der Waals surface area contributed by atoms with Crippen molar-refractivity contribution in [3.63, 3.8) is 0 Å². The zero-order valence-corrected chi connectivity index (χ0v) is 14.4. The minimum Gasteiger partial charge on any atom is -0.493 e. The fourth-order valence-electron chi connectivity index (χ4n) is 3.34. The maximum absolute atomic E-state index is 9.83. The first-order valence-corrected chi connectivity index (χ1v) is 8.49. The molecule has 2 aliphatic rings. The van der Waals surface area contributed by atoms with Crippen LogP contribution in [-0.4, -0.2) is 48.1 Å². The van der Waals surface area contributed by atoms with Crippen molar-refractivity contribution in [3.05, 3.63) is 23.6 Å². The van der Waals surface area contributed by atoms with E-state index in [-0.39, 0.29) is 12.9 Å². The lowest BCUT2D eigenvalue weighted by molar-refractivity contribution is 0.0660. The van der Waals surface area contributed by atoms with Gasteiger partial charge in [-0.05, 0) is 38.4 Å². The van der Waals surface area contributed by atoms with E-state index in [2.05, 4.69) is 9.88 Å². The molecule has 1 atom stereocenters. The summed E-state index contributed by atoms with van der Waals surface area (Å²) in [5.74, 6) is 3.15. The minimum absolute atomic E-state index is 0.183. The van der Waals surface area contributed by atoms with Crippen molar-refractivity contribution in [2.45, 2.75) is 32.4 Å². The van der Waals surface area contributed by atoms with E-state index in [9.17, 15) is 5.11 Å². The second kappa shape index (κ2) is 6.57. The number of oxazole rings is 1. The van der Waals surface area contributed by atoms with E-state index in [4.69, 9.17) is 18.6 Å². The molecule has 3 heterocycles. The van der Waals surface area contributed by atoms with Crippen molar-refractivity contribution in [3.8, 4) is 28.7 Å². The molecular weight excluding hydrogens is 324 g/mol. The van der Waals surface area contributed by atoms with Crippen LogP contribution < -0.4 is 14.2 Å². The number of piperidine rings is 1. The standard InChI is InChI=1S/C18H22N2O5/c1-11-14(9-20-5-3-4-13(21)8-20)19-18(25-11)12-6-15(22-2)17-16(7-12)23-10-24-17/h6-7,13,21H,3-5,8-10H2,1-2H3. The van der Waals surface area contributed by atoms with Crippen LogP contribution in [0.1, 0.15) is 24.3 Å². The number of rotatable bonds is 4. The van der Waals surface area contributed by atoms with Gasteiger partial charge in [0.1, 0.15) is 5.76 Å². The first-order valence-electron chi connectivity index (χ1n) is 8.49. The summed E-state index contributed by atoms with van der Waals surface area (Å²) in [6.45, 7) is 4.42. The highest BCUT2D eigenvalue weighted by Crippen LogP contribution is 2.44. The average Bonchev–Trinajstić information content (AvgIpc) is 3.21. The fraction of sp³-hybridized carbons (Fsp3) is 0.500. The molecule has 1 N–H and O–H groups in total. The third-order valence-electron chi connectivity index (χ3n) is 4.65. The molecule has 2 aliphatic heterocycles. The van der Waals surface area contributed by atoms with E-state index in [1.54, 1.807) is 7.11 Å². The number of aryl methyl sites for hydroxylation is 1. The van der Waals surface area contributed by atoms with Crippen LogP contribution in [0.15, 0.2) is 16.5 Å². The van der Waals surface area contributed by atoms with E-state index in [0.717, 1.165) is 36.4 Å². The lowest BCUT2D eigenvalue weighted by Gasteiger charge is -2.29. The SMILES string of the molecule is COc1cc(-c2nc(CN3CCCC(O)C3)c(C)o2)cc2c1OCO2. The Labute approximate surface area is 146 Å². The van der Waals surface area contributed by atoms with E-state index in [0.29, 0.717) is 36.2 Å². The van der Waals surface area contributed by atoms with Crippen molar-refractivity contribution >= 4 is 0 Å². The van der Waals surface area contributed by atoms with Gasteiger partial charge in [-0.1, -0.05) is 0 Å². The largest absolute Gasteiger partial charge is 0.493 e. The molecule has 0 saturated carbocycles. The number of nitrogens with zero attached hydrogens (tertiary/aromatic N) is 2. The lowest BCUT2D eigenvalue weighted by atomic mass is 10.1. The number of hydrogen-bond acceptors (Lipinski definition) is 7. The van der Waals surface area contributed by atoms with Crippen molar-refractivity contribution in [2.75, 3.05) is 27.0 Å². The van der Waals surface area contributed by atoms with Crippen LogP contribution in [0.5, 0.6) is 17.2 Å². The van der Waals surface area contributed by atoms with Crippen molar-refractivity contribution in [2.24, 2.45) is 0 Å². The van der Waals surface area contributed by atoms with Crippen LogP contribution in [0.3, 0.4) is 0 Å². The molecule has 2 aromatic rings. The van der Waals surface area contributed by atoms with E-state index in [1.807, 2.05) is 19.1 Å². The third kappa shape index (κ3) is 3.17. The number of aromatic nitrogens is 1. The van der Waals surface area contributed by atoms with Crippen LogP contribution in [-0.2, 0) is 6.54 Å². The Morgan fingerprint density at radius 3 is 3.04 bits per heavy atom. The normalized spacial score (nSPS) is 20.0.